The van der Waals surface area contributed by atoms with E-state index in [1.165, 1.54) is 12.1 Å². The molecule has 0 spiro atoms. The van der Waals surface area contributed by atoms with Crippen molar-refractivity contribution in [2.45, 2.75) is 51.9 Å². The van der Waals surface area contributed by atoms with Gasteiger partial charge in [-0.3, -0.25) is 9.59 Å². The van der Waals surface area contributed by atoms with E-state index in [4.69, 9.17) is 14.2 Å². The van der Waals surface area contributed by atoms with Crippen LogP contribution in [0.2, 0.25) is 0 Å². The van der Waals surface area contributed by atoms with E-state index in [0.717, 1.165) is 6.92 Å². The third kappa shape index (κ3) is 7.33. The van der Waals surface area contributed by atoms with Gasteiger partial charge in [-0.25, -0.2) is 9.59 Å². The third-order valence-electron chi connectivity index (χ3n) is 2.91. The molecule has 1 aromatic carbocycles. The van der Waals surface area contributed by atoms with Gasteiger partial charge in [0.1, 0.15) is 5.60 Å². The quantitative estimate of drug-likeness (QED) is 0.575. The van der Waals surface area contributed by atoms with E-state index in [9.17, 15) is 24.3 Å². The molecule has 0 fully saturated rings. The molecule has 0 aliphatic heterocycles. The van der Waals surface area contributed by atoms with Gasteiger partial charge in [0.25, 0.3) is 0 Å². The fraction of sp³-hybridized carbons (Fsp3) is 0.444. The number of carbonyl (C=O) groups is 4. The second kappa shape index (κ2) is 8.98. The Hall–Kier alpha value is -2.90. The Balaban J connectivity index is 2.86. The molecule has 0 aliphatic rings. The zero-order valence-corrected chi connectivity index (χ0v) is 15.1. The highest BCUT2D eigenvalue weighted by Gasteiger charge is 2.32. The number of aliphatic carboxylic acids is 1. The topological polar surface area (TPSA) is 116 Å². The number of benzene rings is 1. The highest BCUT2D eigenvalue weighted by atomic mass is 16.6. The fourth-order valence-electron chi connectivity index (χ4n) is 1.96. The molecule has 0 aromatic heterocycles. The standard InChI is InChI=1S/C18H22O8/c1-11(19)24-13(17(23)26-18(2,3)4)10-14(20)25-15(16(21)22)12-8-6-5-7-9-12/h5-9,13,15H,10H2,1-4H3,(H,21,22)/t13?,15-/m0/s1. The van der Waals surface area contributed by atoms with Crippen molar-refractivity contribution in [3.63, 3.8) is 0 Å². The van der Waals surface area contributed by atoms with Crippen molar-refractivity contribution in [3.05, 3.63) is 35.9 Å². The van der Waals surface area contributed by atoms with Crippen LogP contribution in [0.4, 0.5) is 0 Å². The van der Waals surface area contributed by atoms with Gasteiger partial charge in [0.2, 0.25) is 12.2 Å². The van der Waals surface area contributed by atoms with Crippen molar-refractivity contribution in [3.8, 4) is 0 Å². The highest BCUT2D eigenvalue weighted by molar-refractivity contribution is 5.85. The monoisotopic (exact) mass is 366 g/mol. The van der Waals surface area contributed by atoms with E-state index in [-0.39, 0.29) is 5.56 Å². The summed E-state index contributed by atoms with van der Waals surface area (Å²) in [5.74, 6) is -4.09. The van der Waals surface area contributed by atoms with Crippen LogP contribution >= 0.6 is 0 Å². The summed E-state index contributed by atoms with van der Waals surface area (Å²) in [5, 5.41) is 9.26. The number of hydrogen-bond acceptors (Lipinski definition) is 7. The zero-order chi connectivity index (χ0) is 19.9. The van der Waals surface area contributed by atoms with Gasteiger partial charge in [0.05, 0.1) is 6.42 Å². The maximum Gasteiger partial charge on any atom is 0.349 e. The second-order valence-corrected chi connectivity index (χ2v) is 6.45. The first-order valence-corrected chi connectivity index (χ1v) is 7.87. The van der Waals surface area contributed by atoms with Gasteiger partial charge in [0, 0.05) is 12.5 Å². The van der Waals surface area contributed by atoms with Gasteiger partial charge in [-0.15, -0.1) is 0 Å². The normalized spacial score (nSPS) is 13.2. The Morgan fingerprint density at radius 2 is 1.62 bits per heavy atom. The van der Waals surface area contributed by atoms with Crippen LogP contribution in [0.5, 0.6) is 0 Å². The maximum absolute atomic E-state index is 12.1. The molecule has 8 nitrogen and oxygen atoms in total. The Kier molecular flexibility index (Phi) is 7.30. The van der Waals surface area contributed by atoms with Gasteiger partial charge < -0.3 is 19.3 Å². The lowest BCUT2D eigenvalue weighted by molar-refractivity contribution is -0.180. The largest absolute Gasteiger partial charge is 0.478 e. The van der Waals surface area contributed by atoms with Crippen LogP contribution < -0.4 is 0 Å². The minimum atomic E-state index is -1.54. The van der Waals surface area contributed by atoms with E-state index < -0.39 is 48.1 Å². The molecule has 1 rings (SSSR count). The molecule has 142 valence electrons. The van der Waals surface area contributed by atoms with Crippen molar-refractivity contribution in [1.82, 2.24) is 0 Å². The Labute approximate surface area is 151 Å². The van der Waals surface area contributed by atoms with Gasteiger partial charge in [-0.2, -0.15) is 0 Å². The van der Waals surface area contributed by atoms with Gasteiger partial charge in [0.15, 0.2) is 0 Å². The van der Waals surface area contributed by atoms with Gasteiger partial charge in [-0.05, 0) is 20.8 Å². The van der Waals surface area contributed by atoms with Crippen LogP contribution in [0, 0.1) is 0 Å². The molecule has 0 saturated carbocycles. The summed E-state index contributed by atoms with van der Waals surface area (Å²) in [6.07, 6.45) is -3.73. The molecule has 1 aromatic rings. The Morgan fingerprint density at radius 1 is 1.04 bits per heavy atom. The first-order valence-electron chi connectivity index (χ1n) is 7.87. The molecule has 26 heavy (non-hydrogen) atoms. The zero-order valence-electron chi connectivity index (χ0n) is 15.1. The van der Waals surface area contributed by atoms with Crippen LogP contribution in [0.15, 0.2) is 30.3 Å². The summed E-state index contributed by atoms with van der Waals surface area (Å²) in [6, 6.07) is 7.86. The first kappa shape index (κ1) is 21.1. The lowest BCUT2D eigenvalue weighted by atomic mass is 10.1. The highest BCUT2D eigenvalue weighted by Crippen LogP contribution is 2.20. The molecule has 8 heteroatoms. The molecule has 2 atom stereocenters. The minimum Gasteiger partial charge on any atom is -0.478 e. The smallest absolute Gasteiger partial charge is 0.349 e. The predicted octanol–water partition coefficient (Wildman–Crippen LogP) is 2.02. The van der Waals surface area contributed by atoms with Crippen LogP contribution in [0.3, 0.4) is 0 Å². The van der Waals surface area contributed by atoms with Gasteiger partial charge in [-0.1, -0.05) is 30.3 Å². The fourth-order valence-corrected chi connectivity index (χ4v) is 1.96. The summed E-state index contributed by atoms with van der Waals surface area (Å²) in [5.41, 5.74) is -0.595. The molecule has 0 aliphatic carbocycles. The van der Waals surface area contributed by atoms with Crippen LogP contribution in [-0.4, -0.2) is 40.7 Å². The van der Waals surface area contributed by atoms with E-state index in [1.54, 1.807) is 39.0 Å². The molecule has 0 amide bonds. The van der Waals surface area contributed by atoms with Crippen LogP contribution in [-0.2, 0) is 33.4 Å². The van der Waals surface area contributed by atoms with Crippen molar-refractivity contribution in [2.75, 3.05) is 0 Å². The Morgan fingerprint density at radius 3 is 2.08 bits per heavy atom. The molecule has 0 radical (unpaired) electrons. The summed E-state index contributed by atoms with van der Waals surface area (Å²) in [7, 11) is 0. The van der Waals surface area contributed by atoms with Crippen LogP contribution in [0.1, 0.15) is 45.8 Å². The van der Waals surface area contributed by atoms with E-state index in [0.29, 0.717) is 0 Å². The number of rotatable bonds is 7. The molecule has 1 N–H and O–H groups in total. The van der Waals surface area contributed by atoms with Crippen LogP contribution in [0.25, 0.3) is 0 Å². The molecular weight excluding hydrogens is 344 g/mol. The predicted molar refractivity (Wildman–Crippen MR) is 88.9 cm³/mol. The molecular formula is C18H22O8. The maximum atomic E-state index is 12.1. The average molecular weight is 366 g/mol. The molecule has 0 bridgehead atoms. The number of carboxylic acids is 1. The molecule has 0 saturated heterocycles. The number of esters is 3. The second-order valence-electron chi connectivity index (χ2n) is 6.45. The number of ether oxygens (including phenoxy) is 3. The SMILES string of the molecule is CC(=O)OC(CC(=O)O[C@H](C(=O)O)c1ccccc1)C(=O)OC(C)(C)C. The summed E-state index contributed by atoms with van der Waals surface area (Å²) < 4.78 is 14.9. The first-order chi connectivity index (χ1) is 12.0. The Bertz CT molecular complexity index is 660. The molecule has 1 unspecified atom stereocenters. The lowest BCUT2D eigenvalue weighted by Gasteiger charge is -2.23. The third-order valence-corrected chi connectivity index (χ3v) is 2.91. The van der Waals surface area contributed by atoms with Crippen molar-refractivity contribution >= 4 is 23.9 Å². The summed E-state index contributed by atoms with van der Waals surface area (Å²) >= 11 is 0. The molecule has 0 heterocycles. The number of carboxylic acid groups (broad SMARTS) is 1. The van der Waals surface area contributed by atoms with Crippen molar-refractivity contribution in [2.24, 2.45) is 0 Å². The average Bonchev–Trinajstić information content (AvgIpc) is 2.50. The van der Waals surface area contributed by atoms with E-state index >= 15 is 0 Å². The summed E-state index contributed by atoms with van der Waals surface area (Å²) in [4.78, 5) is 46.8. The number of carbonyl (C=O) groups excluding carboxylic acids is 3. The summed E-state index contributed by atoms with van der Waals surface area (Å²) in [6.45, 7) is 5.92. The minimum absolute atomic E-state index is 0.259. The van der Waals surface area contributed by atoms with E-state index in [1.807, 2.05) is 0 Å². The van der Waals surface area contributed by atoms with Crippen molar-refractivity contribution < 1.29 is 38.5 Å². The van der Waals surface area contributed by atoms with Gasteiger partial charge >= 0.3 is 23.9 Å². The lowest BCUT2D eigenvalue weighted by Crippen LogP contribution is -2.36. The van der Waals surface area contributed by atoms with Crippen molar-refractivity contribution in [1.29, 1.82) is 0 Å². The number of hydrogen-bond donors (Lipinski definition) is 1. The van der Waals surface area contributed by atoms with E-state index in [2.05, 4.69) is 0 Å².